The van der Waals surface area contributed by atoms with Crippen molar-refractivity contribution in [3.8, 4) is 0 Å². The van der Waals surface area contributed by atoms with Crippen molar-refractivity contribution in [3.63, 3.8) is 0 Å². The summed E-state index contributed by atoms with van der Waals surface area (Å²) in [5, 5.41) is 8.85. The predicted octanol–water partition coefficient (Wildman–Crippen LogP) is 0.821. The van der Waals surface area contributed by atoms with E-state index in [-0.39, 0.29) is 22.1 Å². The molecule has 0 radical (unpaired) electrons. The van der Waals surface area contributed by atoms with Gasteiger partial charge in [-0.15, -0.1) is 0 Å². The van der Waals surface area contributed by atoms with Crippen LogP contribution >= 0.6 is 0 Å². The topological polar surface area (TPSA) is 109 Å². The molecule has 1 aromatic rings. The number of sulfonamides is 1. The fraction of sp³-hybridized carbons (Fsp3) is 0.462. The van der Waals surface area contributed by atoms with Crippen LogP contribution in [0.3, 0.4) is 0 Å². The maximum atomic E-state index is 12.4. The zero-order valence-electron chi connectivity index (χ0n) is 12.6. The van der Waals surface area contributed by atoms with Crippen molar-refractivity contribution in [3.05, 3.63) is 24.3 Å². The third kappa shape index (κ3) is 4.05. The summed E-state index contributed by atoms with van der Waals surface area (Å²) in [7, 11) is -6.21. The largest absolute Gasteiger partial charge is 0.481 e. The van der Waals surface area contributed by atoms with Crippen molar-refractivity contribution in [2.45, 2.75) is 23.6 Å². The zero-order chi connectivity index (χ0) is 17.1. The minimum absolute atomic E-state index is 0.0734. The van der Waals surface area contributed by atoms with Crippen LogP contribution in [0.2, 0.25) is 0 Å². The standard InChI is InChI=1S/C13H19NO6S2/c1-4-21(17,18)11-6-5-7-12(8-11)22(19,20)14(3)9-10(2)13(15)16/h5-8,10H,4,9H2,1-3H3,(H,15,16). The third-order valence-corrected chi connectivity index (χ3v) is 6.76. The molecule has 7 nitrogen and oxygen atoms in total. The molecule has 0 fully saturated rings. The van der Waals surface area contributed by atoms with Gasteiger partial charge in [0, 0.05) is 13.6 Å². The molecule has 22 heavy (non-hydrogen) atoms. The van der Waals surface area contributed by atoms with Gasteiger partial charge in [-0.2, -0.15) is 0 Å². The second kappa shape index (κ2) is 6.76. The first-order chi connectivity index (χ1) is 10.0. The number of sulfone groups is 1. The van der Waals surface area contributed by atoms with Crippen molar-refractivity contribution in [1.29, 1.82) is 0 Å². The molecular weight excluding hydrogens is 330 g/mol. The molecule has 1 aromatic carbocycles. The molecule has 9 heteroatoms. The lowest BCUT2D eigenvalue weighted by Crippen LogP contribution is -2.33. The van der Waals surface area contributed by atoms with Gasteiger partial charge in [0.2, 0.25) is 10.0 Å². The van der Waals surface area contributed by atoms with Gasteiger partial charge in [-0.1, -0.05) is 19.9 Å². The quantitative estimate of drug-likeness (QED) is 0.780. The van der Waals surface area contributed by atoms with Crippen LogP contribution in [0.25, 0.3) is 0 Å². The molecule has 1 rings (SSSR count). The number of carboxylic acids is 1. The van der Waals surface area contributed by atoms with E-state index in [2.05, 4.69) is 0 Å². The Morgan fingerprint density at radius 1 is 1.23 bits per heavy atom. The summed E-state index contributed by atoms with van der Waals surface area (Å²) >= 11 is 0. The molecule has 0 aliphatic carbocycles. The Balaban J connectivity index is 3.19. The fourth-order valence-electron chi connectivity index (χ4n) is 1.74. The summed E-state index contributed by atoms with van der Waals surface area (Å²) in [5.74, 6) is -2.12. The summed E-state index contributed by atoms with van der Waals surface area (Å²) < 4.78 is 49.4. The first kappa shape index (κ1) is 18.6. The highest BCUT2D eigenvalue weighted by molar-refractivity contribution is 7.91. The van der Waals surface area contributed by atoms with Gasteiger partial charge in [-0.25, -0.2) is 21.1 Å². The molecule has 0 heterocycles. The van der Waals surface area contributed by atoms with E-state index in [1.807, 2.05) is 0 Å². The molecule has 0 spiro atoms. The average molecular weight is 349 g/mol. The molecule has 0 aliphatic rings. The Kier molecular flexibility index (Phi) is 5.71. The highest BCUT2D eigenvalue weighted by atomic mass is 32.2. The number of carbonyl (C=O) groups is 1. The number of benzene rings is 1. The maximum absolute atomic E-state index is 12.4. The number of aliphatic carboxylic acids is 1. The Labute approximate surface area is 130 Å². The van der Waals surface area contributed by atoms with Crippen LogP contribution in [0.15, 0.2) is 34.1 Å². The van der Waals surface area contributed by atoms with Gasteiger partial charge in [-0.05, 0) is 18.2 Å². The second-order valence-electron chi connectivity index (χ2n) is 4.90. The number of hydrogen-bond donors (Lipinski definition) is 1. The molecule has 1 N–H and O–H groups in total. The van der Waals surface area contributed by atoms with E-state index in [1.165, 1.54) is 39.1 Å². The molecule has 1 unspecified atom stereocenters. The van der Waals surface area contributed by atoms with Crippen LogP contribution in [-0.4, -0.2) is 51.6 Å². The molecule has 1 atom stereocenters. The summed E-state index contributed by atoms with van der Waals surface area (Å²) in [5.41, 5.74) is 0. The summed E-state index contributed by atoms with van der Waals surface area (Å²) in [6.45, 7) is 2.66. The molecule has 124 valence electrons. The normalized spacial score (nSPS) is 14.0. The van der Waals surface area contributed by atoms with Gasteiger partial charge in [0.25, 0.3) is 0 Å². The Hall–Kier alpha value is -1.45. The van der Waals surface area contributed by atoms with Gasteiger partial charge < -0.3 is 5.11 Å². The highest BCUT2D eigenvalue weighted by Crippen LogP contribution is 2.20. The number of hydrogen-bond acceptors (Lipinski definition) is 5. The zero-order valence-corrected chi connectivity index (χ0v) is 14.2. The van der Waals surface area contributed by atoms with Gasteiger partial charge in [-0.3, -0.25) is 4.79 Å². The van der Waals surface area contributed by atoms with E-state index in [1.54, 1.807) is 0 Å². The number of nitrogens with zero attached hydrogens (tertiary/aromatic N) is 1. The Morgan fingerprint density at radius 2 is 1.77 bits per heavy atom. The lowest BCUT2D eigenvalue weighted by molar-refractivity contribution is -0.141. The van der Waals surface area contributed by atoms with Gasteiger partial charge in [0.05, 0.1) is 21.5 Å². The predicted molar refractivity (Wildman–Crippen MR) is 80.8 cm³/mol. The molecule has 0 bridgehead atoms. The minimum Gasteiger partial charge on any atom is -0.481 e. The molecule has 0 amide bonds. The maximum Gasteiger partial charge on any atom is 0.307 e. The van der Waals surface area contributed by atoms with Crippen molar-refractivity contribution < 1.29 is 26.7 Å². The summed E-state index contributed by atoms with van der Waals surface area (Å²) in [6.07, 6.45) is 0. The monoisotopic (exact) mass is 349 g/mol. The van der Waals surface area contributed by atoms with Crippen molar-refractivity contribution in [1.82, 2.24) is 4.31 Å². The molecule has 0 aliphatic heterocycles. The van der Waals surface area contributed by atoms with Crippen LogP contribution in [0.4, 0.5) is 0 Å². The van der Waals surface area contributed by atoms with E-state index in [4.69, 9.17) is 5.11 Å². The van der Waals surface area contributed by atoms with Crippen molar-refractivity contribution in [2.24, 2.45) is 5.92 Å². The SMILES string of the molecule is CCS(=O)(=O)c1cccc(S(=O)(=O)N(C)CC(C)C(=O)O)c1. The summed E-state index contributed by atoms with van der Waals surface area (Å²) in [4.78, 5) is 10.6. The number of rotatable bonds is 7. The number of carboxylic acid groups (broad SMARTS) is 1. The van der Waals surface area contributed by atoms with Crippen LogP contribution in [0.1, 0.15) is 13.8 Å². The second-order valence-corrected chi connectivity index (χ2v) is 9.23. The minimum atomic E-state index is -3.95. The van der Waals surface area contributed by atoms with Crippen LogP contribution < -0.4 is 0 Å². The molecule has 0 saturated carbocycles. The smallest absolute Gasteiger partial charge is 0.307 e. The molecule has 0 aromatic heterocycles. The molecule has 0 saturated heterocycles. The highest BCUT2D eigenvalue weighted by Gasteiger charge is 2.26. The first-order valence-electron chi connectivity index (χ1n) is 6.54. The average Bonchev–Trinajstić information content (AvgIpc) is 2.47. The van der Waals surface area contributed by atoms with Crippen molar-refractivity contribution >= 4 is 25.8 Å². The van der Waals surface area contributed by atoms with Gasteiger partial charge >= 0.3 is 5.97 Å². The van der Waals surface area contributed by atoms with Crippen molar-refractivity contribution in [2.75, 3.05) is 19.3 Å². The van der Waals surface area contributed by atoms with Gasteiger partial charge in [0.15, 0.2) is 9.84 Å². The van der Waals surface area contributed by atoms with E-state index in [0.717, 1.165) is 10.4 Å². The van der Waals surface area contributed by atoms with Gasteiger partial charge in [0.1, 0.15) is 0 Å². The lowest BCUT2D eigenvalue weighted by Gasteiger charge is -2.19. The Morgan fingerprint density at radius 3 is 2.27 bits per heavy atom. The van der Waals surface area contributed by atoms with E-state index in [0.29, 0.717) is 0 Å². The van der Waals surface area contributed by atoms with Crippen LogP contribution in [-0.2, 0) is 24.7 Å². The third-order valence-electron chi connectivity index (χ3n) is 3.21. The van der Waals surface area contributed by atoms with E-state index in [9.17, 15) is 21.6 Å². The van der Waals surface area contributed by atoms with Crippen LogP contribution in [0, 0.1) is 5.92 Å². The fourth-order valence-corrected chi connectivity index (χ4v) is 4.04. The lowest BCUT2D eigenvalue weighted by atomic mass is 10.2. The van der Waals surface area contributed by atoms with Crippen LogP contribution in [0.5, 0.6) is 0 Å². The molecular formula is C13H19NO6S2. The van der Waals surface area contributed by atoms with E-state index < -0.39 is 31.7 Å². The summed E-state index contributed by atoms with van der Waals surface area (Å²) in [6, 6.07) is 5.06. The first-order valence-corrected chi connectivity index (χ1v) is 9.63. The Bertz CT molecular complexity index is 754. The van der Waals surface area contributed by atoms with E-state index >= 15 is 0 Å².